The zero-order valence-electron chi connectivity index (χ0n) is 12.9. The summed E-state index contributed by atoms with van der Waals surface area (Å²) in [7, 11) is 0. The second-order valence-corrected chi connectivity index (χ2v) is 5.46. The number of carbonyl (C=O) groups excluding carboxylic acids is 1. The lowest BCUT2D eigenvalue weighted by Crippen LogP contribution is -2.47. The Kier molecular flexibility index (Phi) is 4.20. The molecule has 0 amide bonds. The summed E-state index contributed by atoms with van der Waals surface area (Å²) < 4.78 is 0. The molecule has 0 saturated carbocycles. The molecule has 0 spiro atoms. The van der Waals surface area contributed by atoms with Crippen molar-refractivity contribution in [2.75, 3.05) is 36.0 Å². The number of anilines is 2. The lowest BCUT2D eigenvalue weighted by molar-refractivity contribution is 0.101. The van der Waals surface area contributed by atoms with Crippen LogP contribution in [0.15, 0.2) is 36.5 Å². The maximum absolute atomic E-state index is 11.9. The van der Waals surface area contributed by atoms with Crippen LogP contribution in [0.3, 0.4) is 0 Å². The van der Waals surface area contributed by atoms with Crippen molar-refractivity contribution in [1.29, 1.82) is 5.26 Å². The van der Waals surface area contributed by atoms with Crippen molar-refractivity contribution in [3.05, 3.63) is 47.7 Å². The molecule has 23 heavy (non-hydrogen) atoms. The third kappa shape index (κ3) is 3.14. The van der Waals surface area contributed by atoms with Gasteiger partial charge >= 0.3 is 0 Å². The number of Topliss-reactive ketones (excluding diaryl/α,β-unsaturated/α-hetero) is 1. The molecule has 1 aromatic carbocycles. The molecule has 1 aromatic heterocycles. The maximum Gasteiger partial charge on any atom is 0.161 e. The molecular formula is C17H17N5O. The monoisotopic (exact) mass is 307 g/mol. The van der Waals surface area contributed by atoms with Crippen LogP contribution in [0.25, 0.3) is 0 Å². The number of ketones is 1. The van der Waals surface area contributed by atoms with E-state index in [9.17, 15) is 4.79 Å². The van der Waals surface area contributed by atoms with Gasteiger partial charge in [-0.05, 0) is 37.3 Å². The Bertz CT molecular complexity index is 745. The first-order valence-corrected chi connectivity index (χ1v) is 7.52. The van der Waals surface area contributed by atoms with Crippen molar-refractivity contribution in [2.24, 2.45) is 0 Å². The van der Waals surface area contributed by atoms with Crippen LogP contribution >= 0.6 is 0 Å². The first-order valence-electron chi connectivity index (χ1n) is 7.52. The summed E-state index contributed by atoms with van der Waals surface area (Å²) >= 11 is 0. The molecule has 2 aromatic rings. The number of benzene rings is 1. The van der Waals surface area contributed by atoms with Gasteiger partial charge in [0, 0.05) is 43.6 Å². The number of hydrogen-bond acceptors (Lipinski definition) is 6. The highest BCUT2D eigenvalue weighted by atomic mass is 16.1. The summed E-state index contributed by atoms with van der Waals surface area (Å²) in [5.74, 6) is 0.880. The summed E-state index contributed by atoms with van der Waals surface area (Å²) in [5.41, 5.74) is 2.08. The van der Waals surface area contributed by atoms with Gasteiger partial charge in [0.05, 0.1) is 11.6 Å². The highest BCUT2D eigenvalue weighted by Gasteiger charge is 2.21. The van der Waals surface area contributed by atoms with Crippen LogP contribution in [0.2, 0.25) is 0 Å². The summed E-state index contributed by atoms with van der Waals surface area (Å²) in [6.07, 6.45) is 1.66. The first-order chi connectivity index (χ1) is 11.2. The van der Waals surface area contributed by atoms with Gasteiger partial charge in [0.15, 0.2) is 11.6 Å². The van der Waals surface area contributed by atoms with Gasteiger partial charge < -0.3 is 9.80 Å². The molecule has 0 N–H and O–H groups in total. The number of rotatable bonds is 3. The first kappa shape index (κ1) is 15.0. The Morgan fingerprint density at radius 2 is 1.91 bits per heavy atom. The van der Waals surface area contributed by atoms with E-state index in [1.165, 1.54) is 0 Å². The van der Waals surface area contributed by atoms with Gasteiger partial charge in [0.2, 0.25) is 0 Å². The number of carbonyl (C=O) groups is 1. The minimum atomic E-state index is 0.0147. The van der Waals surface area contributed by atoms with E-state index < -0.39 is 0 Å². The molecule has 0 atom stereocenters. The van der Waals surface area contributed by atoms with Crippen molar-refractivity contribution in [2.45, 2.75) is 6.92 Å². The molecule has 0 radical (unpaired) electrons. The van der Waals surface area contributed by atoms with Crippen molar-refractivity contribution in [3.63, 3.8) is 0 Å². The Hall–Kier alpha value is -2.94. The fourth-order valence-electron chi connectivity index (χ4n) is 2.80. The summed E-state index contributed by atoms with van der Waals surface area (Å²) in [4.78, 5) is 16.2. The molecule has 116 valence electrons. The van der Waals surface area contributed by atoms with Gasteiger partial charge in [-0.2, -0.15) is 10.4 Å². The molecule has 0 bridgehead atoms. The molecule has 3 rings (SSSR count). The van der Waals surface area contributed by atoms with Gasteiger partial charge in [0.25, 0.3) is 0 Å². The lowest BCUT2D eigenvalue weighted by atomic mass is 10.0. The van der Waals surface area contributed by atoms with Crippen LogP contribution in [0, 0.1) is 11.3 Å². The van der Waals surface area contributed by atoms with E-state index in [0.717, 1.165) is 37.7 Å². The quantitative estimate of drug-likeness (QED) is 0.806. The third-order valence-electron chi connectivity index (χ3n) is 4.01. The average Bonchev–Trinajstić information content (AvgIpc) is 2.62. The van der Waals surface area contributed by atoms with Gasteiger partial charge in [-0.15, -0.1) is 5.10 Å². The van der Waals surface area contributed by atoms with E-state index in [-0.39, 0.29) is 5.78 Å². The normalized spacial score (nSPS) is 14.4. The van der Waals surface area contributed by atoms with Gasteiger partial charge in [-0.25, -0.2) is 0 Å². The molecular weight excluding hydrogens is 290 g/mol. The smallest absolute Gasteiger partial charge is 0.161 e. The standard InChI is InChI=1S/C17H17N5O/c1-13(23)15-5-4-14(12-18)11-16(15)21-7-9-22(10-8-21)17-3-2-6-19-20-17/h2-6,11H,7-10H2,1H3. The topological polar surface area (TPSA) is 73.1 Å². The molecule has 0 aliphatic carbocycles. The highest BCUT2D eigenvalue weighted by molar-refractivity contribution is 6.00. The zero-order valence-corrected chi connectivity index (χ0v) is 12.9. The zero-order chi connectivity index (χ0) is 16.2. The lowest BCUT2D eigenvalue weighted by Gasteiger charge is -2.37. The molecule has 0 unspecified atom stereocenters. The minimum absolute atomic E-state index is 0.0147. The number of piperazine rings is 1. The highest BCUT2D eigenvalue weighted by Crippen LogP contribution is 2.25. The Morgan fingerprint density at radius 3 is 2.52 bits per heavy atom. The van der Waals surface area contributed by atoms with Gasteiger partial charge in [0.1, 0.15) is 0 Å². The predicted octanol–water partition coefficient (Wildman–Crippen LogP) is 1.88. The number of hydrogen-bond donors (Lipinski definition) is 0. The summed E-state index contributed by atoms with van der Waals surface area (Å²) in [5, 5.41) is 17.1. The fourth-order valence-corrected chi connectivity index (χ4v) is 2.80. The predicted molar refractivity (Wildman–Crippen MR) is 87.6 cm³/mol. The second-order valence-electron chi connectivity index (χ2n) is 5.46. The van der Waals surface area contributed by atoms with Crippen molar-refractivity contribution in [3.8, 4) is 6.07 Å². The summed E-state index contributed by atoms with van der Waals surface area (Å²) in [6.45, 7) is 4.69. The van der Waals surface area contributed by atoms with Crippen molar-refractivity contribution < 1.29 is 4.79 Å². The second kappa shape index (κ2) is 6.44. The molecule has 1 aliphatic heterocycles. The molecule has 2 heterocycles. The number of nitrogens with zero attached hydrogens (tertiary/aromatic N) is 5. The van der Waals surface area contributed by atoms with E-state index in [2.05, 4.69) is 26.1 Å². The van der Waals surface area contributed by atoms with Crippen molar-refractivity contribution >= 4 is 17.3 Å². The average molecular weight is 307 g/mol. The van der Waals surface area contributed by atoms with E-state index in [1.807, 2.05) is 12.1 Å². The SMILES string of the molecule is CC(=O)c1ccc(C#N)cc1N1CCN(c2cccnn2)CC1. The van der Waals surface area contributed by atoms with Crippen molar-refractivity contribution in [1.82, 2.24) is 10.2 Å². The maximum atomic E-state index is 11.9. The number of aromatic nitrogens is 2. The van der Waals surface area contributed by atoms with Crippen LogP contribution in [-0.2, 0) is 0 Å². The fraction of sp³-hybridized carbons (Fsp3) is 0.294. The molecule has 1 saturated heterocycles. The molecule has 6 heteroatoms. The van der Waals surface area contributed by atoms with E-state index in [0.29, 0.717) is 11.1 Å². The Balaban J connectivity index is 1.80. The number of nitriles is 1. The van der Waals surface area contributed by atoms with Gasteiger partial charge in [-0.1, -0.05) is 0 Å². The van der Waals surface area contributed by atoms with Crippen LogP contribution in [0.5, 0.6) is 0 Å². The van der Waals surface area contributed by atoms with E-state index >= 15 is 0 Å². The Labute approximate surface area is 135 Å². The molecule has 1 aliphatic rings. The van der Waals surface area contributed by atoms with Gasteiger partial charge in [-0.3, -0.25) is 4.79 Å². The van der Waals surface area contributed by atoms with Crippen LogP contribution in [-0.4, -0.2) is 42.2 Å². The van der Waals surface area contributed by atoms with E-state index in [1.54, 1.807) is 31.3 Å². The Morgan fingerprint density at radius 1 is 1.17 bits per heavy atom. The van der Waals surface area contributed by atoms with Crippen LogP contribution in [0.1, 0.15) is 22.8 Å². The van der Waals surface area contributed by atoms with Crippen LogP contribution < -0.4 is 9.80 Å². The molecule has 6 nitrogen and oxygen atoms in total. The van der Waals surface area contributed by atoms with E-state index in [4.69, 9.17) is 5.26 Å². The van der Waals surface area contributed by atoms with Crippen LogP contribution in [0.4, 0.5) is 11.5 Å². The largest absolute Gasteiger partial charge is 0.367 e. The molecule has 1 fully saturated rings. The third-order valence-corrected chi connectivity index (χ3v) is 4.01. The summed E-state index contributed by atoms with van der Waals surface area (Å²) in [6, 6.07) is 11.2. The minimum Gasteiger partial charge on any atom is -0.367 e.